The summed E-state index contributed by atoms with van der Waals surface area (Å²) in [5.74, 6) is 0.914. The van der Waals surface area contributed by atoms with E-state index in [1.54, 1.807) is 7.11 Å². The summed E-state index contributed by atoms with van der Waals surface area (Å²) >= 11 is 0. The Kier molecular flexibility index (Phi) is 4.35. The predicted molar refractivity (Wildman–Crippen MR) is 100 cm³/mol. The predicted octanol–water partition coefficient (Wildman–Crippen LogP) is 3.87. The lowest BCUT2D eigenvalue weighted by Crippen LogP contribution is -2.51. The van der Waals surface area contributed by atoms with Crippen LogP contribution < -0.4 is 15.0 Å². The molecule has 4 nitrogen and oxygen atoms in total. The first kappa shape index (κ1) is 16.0. The zero-order valence-corrected chi connectivity index (χ0v) is 14.6. The van der Waals surface area contributed by atoms with Crippen molar-refractivity contribution in [2.45, 2.75) is 31.7 Å². The number of amides is 1. The average molecular weight is 336 g/mol. The maximum atomic E-state index is 13.0. The minimum atomic E-state index is -0.00250. The van der Waals surface area contributed by atoms with Crippen molar-refractivity contribution in [3.63, 3.8) is 0 Å². The fraction of sp³-hybridized carbons (Fsp3) is 0.381. The van der Waals surface area contributed by atoms with E-state index in [9.17, 15) is 4.79 Å². The number of ether oxygens (including phenoxy) is 1. The van der Waals surface area contributed by atoms with Gasteiger partial charge in [0.25, 0.3) is 0 Å². The maximum Gasteiger partial charge on any atom is 0.229 e. The first-order valence-electron chi connectivity index (χ1n) is 9.06. The normalized spacial score (nSPS) is 21.9. The van der Waals surface area contributed by atoms with Crippen LogP contribution >= 0.6 is 0 Å². The number of anilines is 2. The number of hydrogen-bond donors (Lipinski definition) is 1. The van der Waals surface area contributed by atoms with E-state index in [4.69, 9.17) is 4.74 Å². The molecule has 1 fully saturated rings. The standard InChI is InChI=1S/C21H24N2O2/c1-25-17-11-9-16(10-12-17)22-21(24)18-14-15-6-2-3-7-19(15)23-13-5-4-8-20(18)23/h2-3,6-7,9-12,18,20H,4-5,8,13-14H2,1H3,(H,22,24). The molecule has 130 valence electrons. The Hall–Kier alpha value is -2.49. The SMILES string of the molecule is COc1ccc(NC(=O)C2Cc3ccccc3N3CCCCC23)cc1. The van der Waals surface area contributed by atoms with Crippen molar-refractivity contribution in [1.82, 2.24) is 0 Å². The smallest absolute Gasteiger partial charge is 0.229 e. The molecule has 2 aromatic carbocycles. The third-order valence-electron chi connectivity index (χ3n) is 5.45. The van der Waals surface area contributed by atoms with Gasteiger partial charge in [0.1, 0.15) is 5.75 Å². The van der Waals surface area contributed by atoms with Gasteiger partial charge in [0.2, 0.25) is 5.91 Å². The summed E-state index contributed by atoms with van der Waals surface area (Å²) in [6.45, 7) is 1.05. The summed E-state index contributed by atoms with van der Waals surface area (Å²) in [5.41, 5.74) is 3.43. The number of benzene rings is 2. The van der Waals surface area contributed by atoms with Gasteiger partial charge in [-0.1, -0.05) is 18.2 Å². The van der Waals surface area contributed by atoms with Crippen LogP contribution in [0.15, 0.2) is 48.5 Å². The van der Waals surface area contributed by atoms with Crippen LogP contribution in [0.2, 0.25) is 0 Å². The highest BCUT2D eigenvalue weighted by Crippen LogP contribution is 2.38. The Labute approximate surface area is 148 Å². The molecule has 0 radical (unpaired) electrons. The number of fused-ring (bicyclic) bond motifs is 3. The molecule has 2 aliphatic rings. The molecule has 25 heavy (non-hydrogen) atoms. The van der Waals surface area contributed by atoms with Crippen molar-refractivity contribution in [3.8, 4) is 5.75 Å². The number of para-hydroxylation sites is 1. The topological polar surface area (TPSA) is 41.6 Å². The van der Waals surface area contributed by atoms with Gasteiger partial charge >= 0.3 is 0 Å². The summed E-state index contributed by atoms with van der Waals surface area (Å²) in [5, 5.41) is 3.11. The Morgan fingerprint density at radius 1 is 1.12 bits per heavy atom. The van der Waals surface area contributed by atoms with Gasteiger partial charge in [0.05, 0.1) is 13.0 Å². The summed E-state index contributed by atoms with van der Waals surface area (Å²) < 4.78 is 5.18. The fourth-order valence-electron chi connectivity index (χ4n) is 4.19. The molecule has 4 rings (SSSR count). The van der Waals surface area contributed by atoms with Crippen molar-refractivity contribution in [2.24, 2.45) is 5.92 Å². The van der Waals surface area contributed by atoms with Gasteiger partial charge in [-0.05, 0) is 61.6 Å². The van der Waals surface area contributed by atoms with Crippen LogP contribution in [0.1, 0.15) is 24.8 Å². The van der Waals surface area contributed by atoms with Crippen LogP contribution in [0, 0.1) is 5.92 Å². The van der Waals surface area contributed by atoms with E-state index in [-0.39, 0.29) is 11.8 Å². The van der Waals surface area contributed by atoms with E-state index in [0.29, 0.717) is 6.04 Å². The molecule has 2 atom stereocenters. The lowest BCUT2D eigenvalue weighted by molar-refractivity contribution is -0.120. The van der Waals surface area contributed by atoms with Gasteiger partial charge in [-0.2, -0.15) is 0 Å². The molecule has 1 N–H and O–H groups in total. The molecule has 2 heterocycles. The van der Waals surface area contributed by atoms with E-state index < -0.39 is 0 Å². The molecule has 2 aromatic rings. The lowest BCUT2D eigenvalue weighted by Gasteiger charge is -2.46. The highest BCUT2D eigenvalue weighted by Gasteiger charge is 2.39. The van der Waals surface area contributed by atoms with Crippen molar-refractivity contribution in [3.05, 3.63) is 54.1 Å². The number of hydrogen-bond acceptors (Lipinski definition) is 3. The zero-order chi connectivity index (χ0) is 17.2. The molecular formula is C21H24N2O2. The number of carbonyl (C=O) groups excluding carboxylic acids is 1. The number of nitrogens with one attached hydrogen (secondary N) is 1. The van der Waals surface area contributed by atoms with Crippen LogP contribution in [0.3, 0.4) is 0 Å². The molecular weight excluding hydrogens is 312 g/mol. The number of methoxy groups -OCH3 is 1. The Balaban J connectivity index is 1.57. The third kappa shape index (κ3) is 3.09. The summed E-state index contributed by atoms with van der Waals surface area (Å²) in [4.78, 5) is 15.5. The molecule has 2 aliphatic heterocycles. The van der Waals surface area contributed by atoms with Gasteiger partial charge in [0, 0.05) is 24.0 Å². The molecule has 0 aromatic heterocycles. The van der Waals surface area contributed by atoms with Crippen LogP contribution in [0.5, 0.6) is 5.75 Å². The molecule has 1 amide bonds. The zero-order valence-electron chi connectivity index (χ0n) is 14.6. The van der Waals surface area contributed by atoms with Gasteiger partial charge < -0.3 is 15.0 Å². The molecule has 0 aliphatic carbocycles. The highest BCUT2D eigenvalue weighted by atomic mass is 16.5. The molecule has 2 unspecified atom stereocenters. The average Bonchev–Trinajstić information content (AvgIpc) is 2.68. The second kappa shape index (κ2) is 6.79. The van der Waals surface area contributed by atoms with Gasteiger partial charge in [-0.15, -0.1) is 0 Å². The summed E-state index contributed by atoms with van der Waals surface area (Å²) in [7, 11) is 1.64. The van der Waals surface area contributed by atoms with Gasteiger partial charge in [-0.3, -0.25) is 4.79 Å². The monoisotopic (exact) mass is 336 g/mol. The van der Waals surface area contributed by atoms with E-state index in [1.165, 1.54) is 24.1 Å². The maximum absolute atomic E-state index is 13.0. The molecule has 1 saturated heterocycles. The fourth-order valence-corrected chi connectivity index (χ4v) is 4.19. The van der Waals surface area contributed by atoms with Crippen LogP contribution in [0.4, 0.5) is 11.4 Å². The van der Waals surface area contributed by atoms with Crippen molar-refractivity contribution < 1.29 is 9.53 Å². The van der Waals surface area contributed by atoms with E-state index >= 15 is 0 Å². The largest absolute Gasteiger partial charge is 0.497 e. The van der Waals surface area contributed by atoms with Crippen LogP contribution in [0.25, 0.3) is 0 Å². The van der Waals surface area contributed by atoms with E-state index in [0.717, 1.165) is 30.8 Å². The van der Waals surface area contributed by atoms with Crippen molar-refractivity contribution in [1.29, 1.82) is 0 Å². The second-order valence-corrected chi connectivity index (χ2v) is 6.91. The Morgan fingerprint density at radius 3 is 2.72 bits per heavy atom. The number of rotatable bonds is 3. The Bertz CT molecular complexity index is 757. The quantitative estimate of drug-likeness (QED) is 0.925. The number of nitrogens with zero attached hydrogens (tertiary/aromatic N) is 1. The van der Waals surface area contributed by atoms with Crippen LogP contribution in [-0.4, -0.2) is 25.6 Å². The summed E-state index contributed by atoms with van der Waals surface area (Å²) in [6.07, 6.45) is 4.32. The third-order valence-corrected chi connectivity index (χ3v) is 5.45. The molecule has 0 spiro atoms. The number of piperidine rings is 1. The highest BCUT2D eigenvalue weighted by molar-refractivity contribution is 5.94. The van der Waals surface area contributed by atoms with Gasteiger partial charge in [-0.25, -0.2) is 0 Å². The Morgan fingerprint density at radius 2 is 1.92 bits per heavy atom. The second-order valence-electron chi connectivity index (χ2n) is 6.91. The van der Waals surface area contributed by atoms with Crippen molar-refractivity contribution >= 4 is 17.3 Å². The minimum absolute atomic E-state index is 0.00250. The molecule has 0 bridgehead atoms. The van der Waals surface area contributed by atoms with E-state index in [2.05, 4.69) is 34.5 Å². The first-order chi connectivity index (χ1) is 12.3. The first-order valence-corrected chi connectivity index (χ1v) is 9.06. The minimum Gasteiger partial charge on any atom is -0.497 e. The molecule has 0 saturated carbocycles. The number of carbonyl (C=O) groups is 1. The lowest BCUT2D eigenvalue weighted by atomic mass is 9.80. The summed E-state index contributed by atoms with van der Waals surface area (Å²) in [6, 6.07) is 16.4. The van der Waals surface area contributed by atoms with Gasteiger partial charge in [0.15, 0.2) is 0 Å². The van der Waals surface area contributed by atoms with Crippen molar-refractivity contribution in [2.75, 3.05) is 23.9 Å². The molecule has 4 heteroatoms. The van der Waals surface area contributed by atoms with Crippen LogP contribution in [-0.2, 0) is 11.2 Å². The van der Waals surface area contributed by atoms with E-state index in [1.807, 2.05) is 24.3 Å².